The van der Waals surface area contributed by atoms with Gasteiger partial charge in [-0.1, -0.05) is 30.3 Å². The normalized spacial score (nSPS) is 15.3. The number of carbonyl (C=O) groups is 1. The Morgan fingerprint density at radius 2 is 1.90 bits per heavy atom. The fourth-order valence-corrected chi connectivity index (χ4v) is 2.45. The highest BCUT2D eigenvalue weighted by atomic mass is 16.2. The summed E-state index contributed by atoms with van der Waals surface area (Å²) in [7, 11) is 1.82. The van der Waals surface area contributed by atoms with E-state index in [1.807, 2.05) is 48.3 Å². The Kier molecular flexibility index (Phi) is 3.52. The van der Waals surface area contributed by atoms with E-state index in [-0.39, 0.29) is 5.91 Å². The van der Waals surface area contributed by atoms with E-state index in [2.05, 4.69) is 10.4 Å². The first-order valence-corrected chi connectivity index (χ1v) is 6.85. The molecule has 104 valence electrons. The van der Waals surface area contributed by atoms with Crippen LogP contribution in [0.4, 0.5) is 0 Å². The number of carbonyl (C=O) groups excluding carboxylic acids is 1. The molecule has 1 fully saturated rings. The fraction of sp³-hybridized carbons (Fsp3) is 0.333. The van der Waals surface area contributed by atoms with E-state index in [1.165, 1.54) is 0 Å². The largest absolute Gasteiger partial charge is 0.335 e. The Balaban J connectivity index is 1.87. The maximum atomic E-state index is 12.5. The van der Waals surface area contributed by atoms with Crippen molar-refractivity contribution in [1.82, 2.24) is 20.0 Å². The highest BCUT2D eigenvalue weighted by molar-refractivity contribution is 5.93. The third kappa shape index (κ3) is 2.44. The van der Waals surface area contributed by atoms with Crippen LogP contribution in [-0.2, 0) is 7.05 Å². The first kappa shape index (κ1) is 12.9. The van der Waals surface area contributed by atoms with Gasteiger partial charge in [0.25, 0.3) is 5.91 Å². The van der Waals surface area contributed by atoms with Crippen molar-refractivity contribution in [2.75, 3.05) is 26.2 Å². The number of amides is 1. The minimum atomic E-state index is 0.0590. The summed E-state index contributed by atoms with van der Waals surface area (Å²) in [6, 6.07) is 11.8. The van der Waals surface area contributed by atoms with Gasteiger partial charge in [0.1, 0.15) is 5.69 Å². The van der Waals surface area contributed by atoms with E-state index in [0.717, 1.165) is 37.4 Å². The molecular formula is C15H18N4O. The number of aromatic nitrogens is 2. The maximum Gasteiger partial charge on any atom is 0.272 e. The second-order valence-corrected chi connectivity index (χ2v) is 4.95. The molecule has 2 aromatic rings. The van der Waals surface area contributed by atoms with Crippen LogP contribution in [0.3, 0.4) is 0 Å². The standard InChI is InChI=1S/C15H18N4O/c1-18-14(15(20)19-9-7-16-8-10-19)11-13(17-18)12-5-3-2-4-6-12/h2-6,11,16H,7-10H2,1H3. The van der Waals surface area contributed by atoms with Crippen LogP contribution in [0.1, 0.15) is 10.5 Å². The molecule has 3 rings (SSSR count). The zero-order valence-corrected chi connectivity index (χ0v) is 11.5. The number of nitrogens with zero attached hydrogens (tertiary/aromatic N) is 3. The van der Waals surface area contributed by atoms with Crippen molar-refractivity contribution in [3.8, 4) is 11.3 Å². The summed E-state index contributed by atoms with van der Waals surface area (Å²) in [6.07, 6.45) is 0. The molecule has 0 aliphatic carbocycles. The number of nitrogens with one attached hydrogen (secondary N) is 1. The van der Waals surface area contributed by atoms with Crippen LogP contribution < -0.4 is 5.32 Å². The Morgan fingerprint density at radius 3 is 2.60 bits per heavy atom. The lowest BCUT2D eigenvalue weighted by Crippen LogP contribution is -2.46. The molecule has 1 aliphatic rings. The molecule has 0 saturated carbocycles. The Labute approximate surface area is 118 Å². The average molecular weight is 270 g/mol. The molecule has 1 aliphatic heterocycles. The second-order valence-electron chi connectivity index (χ2n) is 4.95. The molecule has 1 aromatic carbocycles. The number of rotatable bonds is 2. The number of hydrogen-bond acceptors (Lipinski definition) is 3. The SMILES string of the molecule is Cn1nc(-c2ccccc2)cc1C(=O)N1CCNCC1. The molecular weight excluding hydrogens is 252 g/mol. The lowest BCUT2D eigenvalue weighted by atomic mass is 10.1. The molecule has 0 bridgehead atoms. The van der Waals surface area contributed by atoms with E-state index >= 15 is 0 Å². The van der Waals surface area contributed by atoms with Crippen LogP contribution in [0.25, 0.3) is 11.3 Å². The van der Waals surface area contributed by atoms with Crippen molar-refractivity contribution in [3.63, 3.8) is 0 Å². The molecule has 1 amide bonds. The first-order valence-electron chi connectivity index (χ1n) is 6.85. The Bertz CT molecular complexity index is 600. The topological polar surface area (TPSA) is 50.2 Å². The Hall–Kier alpha value is -2.14. The van der Waals surface area contributed by atoms with Gasteiger partial charge < -0.3 is 10.2 Å². The first-order chi connectivity index (χ1) is 9.75. The average Bonchev–Trinajstić information content (AvgIpc) is 2.90. The van der Waals surface area contributed by atoms with E-state index in [1.54, 1.807) is 4.68 Å². The third-order valence-electron chi connectivity index (χ3n) is 3.57. The molecule has 20 heavy (non-hydrogen) atoms. The molecule has 0 atom stereocenters. The van der Waals surface area contributed by atoms with Gasteiger partial charge in [-0.05, 0) is 6.07 Å². The minimum absolute atomic E-state index is 0.0590. The second kappa shape index (κ2) is 5.46. The summed E-state index contributed by atoms with van der Waals surface area (Å²) >= 11 is 0. The van der Waals surface area contributed by atoms with Gasteiger partial charge in [0.15, 0.2) is 0 Å². The highest BCUT2D eigenvalue weighted by Gasteiger charge is 2.21. The highest BCUT2D eigenvalue weighted by Crippen LogP contribution is 2.19. The minimum Gasteiger partial charge on any atom is -0.335 e. The predicted molar refractivity (Wildman–Crippen MR) is 77.4 cm³/mol. The molecule has 5 nitrogen and oxygen atoms in total. The van der Waals surface area contributed by atoms with Gasteiger partial charge in [-0.3, -0.25) is 9.48 Å². The summed E-state index contributed by atoms with van der Waals surface area (Å²) in [5.74, 6) is 0.0590. The van der Waals surface area contributed by atoms with Crippen LogP contribution in [0.5, 0.6) is 0 Å². The summed E-state index contributed by atoms with van der Waals surface area (Å²) in [6.45, 7) is 3.22. The van der Waals surface area contributed by atoms with Crippen molar-refractivity contribution in [2.24, 2.45) is 7.05 Å². The maximum absolute atomic E-state index is 12.5. The van der Waals surface area contributed by atoms with Gasteiger partial charge in [-0.15, -0.1) is 0 Å². The molecule has 1 aromatic heterocycles. The van der Waals surface area contributed by atoms with Gasteiger partial charge in [0.2, 0.25) is 0 Å². The van der Waals surface area contributed by atoms with Gasteiger partial charge in [-0.25, -0.2) is 0 Å². The Morgan fingerprint density at radius 1 is 1.20 bits per heavy atom. The predicted octanol–water partition coefficient (Wildman–Crippen LogP) is 1.13. The van der Waals surface area contributed by atoms with Crippen molar-refractivity contribution >= 4 is 5.91 Å². The number of aryl methyl sites for hydroxylation is 1. The lowest BCUT2D eigenvalue weighted by Gasteiger charge is -2.27. The summed E-state index contributed by atoms with van der Waals surface area (Å²) in [5, 5.41) is 7.70. The molecule has 1 saturated heterocycles. The van der Waals surface area contributed by atoms with E-state index < -0.39 is 0 Å². The van der Waals surface area contributed by atoms with Crippen LogP contribution in [0, 0.1) is 0 Å². The molecule has 2 heterocycles. The van der Waals surface area contributed by atoms with Gasteiger partial charge in [0.05, 0.1) is 5.69 Å². The summed E-state index contributed by atoms with van der Waals surface area (Å²) < 4.78 is 1.67. The van der Waals surface area contributed by atoms with Gasteiger partial charge >= 0.3 is 0 Å². The molecule has 1 N–H and O–H groups in total. The third-order valence-corrected chi connectivity index (χ3v) is 3.57. The zero-order chi connectivity index (χ0) is 13.9. The zero-order valence-electron chi connectivity index (χ0n) is 11.5. The van der Waals surface area contributed by atoms with Crippen molar-refractivity contribution in [2.45, 2.75) is 0 Å². The van der Waals surface area contributed by atoms with E-state index in [9.17, 15) is 4.79 Å². The fourth-order valence-electron chi connectivity index (χ4n) is 2.45. The van der Waals surface area contributed by atoms with Crippen molar-refractivity contribution < 1.29 is 4.79 Å². The number of piperazine rings is 1. The molecule has 0 spiro atoms. The van der Waals surface area contributed by atoms with Crippen LogP contribution >= 0.6 is 0 Å². The molecule has 0 unspecified atom stereocenters. The number of benzene rings is 1. The lowest BCUT2D eigenvalue weighted by molar-refractivity contribution is 0.0724. The summed E-state index contributed by atoms with van der Waals surface area (Å²) in [5.41, 5.74) is 2.51. The molecule has 0 radical (unpaired) electrons. The van der Waals surface area contributed by atoms with E-state index in [4.69, 9.17) is 0 Å². The quantitative estimate of drug-likeness (QED) is 0.890. The van der Waals surface area contributed by atoms with Gasteiger partial charge in [0, 0.05) is 38.8 Å². The van der Waals surface area contributed by atoms with E-state index in [0.29, 0.717) is 5.69 Å². The summed E-state index contributed by atoms with van der Waals surface area (Å²) in [4.78, 5) is 14.4. The monoisotopic (exact) mass is 270 g/mol. The van der Waals surface area contributed by atoms with Crippen molar-refractivity contribution in [3.05, 3.63) is 42.1 Å². The van der Waals surface area contributed by atoms with Crippen LogP contribution in [0.2, 0.25) is 0 Å². The van der Waals surface area contributed by atoms with Crippen LogP contribution in [0.15, 0.2) is 36.4 Å². The van der Waals surface area contributed by atoms with Crippen molar-refractivity contribution in [1.29, 1.82) is 0 Å². The van der Waals surface area contributed by atoms with Gasteiger partial charge in [-0.2, -0.15) is 5.10 Å². The smallest absolute Gasteiger partial charge is 0.272 e. The number of hydrogen-bond donors (Lipinski definition) is 1. The molecule has 5 heteroatoms. The van der Waals surface area contributed by atoms with Crippen LogP contribution in [-0.4, -0.2) is 46.8 Å².